The van der Waals surface area contributed by atoms with Gasteiger partial charge in [-0.25, -0.2) is 0 Å². The van der Waals surface area contributed by atoms with Crippen molar-refractivity contribution in [2.45, 2.75) is 57.3 Å². The molecule has 2 aliphatic heterocycles. The van der Waals surface area contributed by atoms with E-state index >= 15 is 0 Å². The van der Waals surface area contributed by atoms with Gasteiger partial charge in [-0.05, 0) is 73.8 Å². The van der Waals surface area contributed by atoms with Crippen molar-refractivity contribution in [1.29, 1.82) is 0 Å². The topological polar surface area (TPSA) is 67.0 Å². The zero-order chi connectivity index (χ0) is 31.5. The third-order valence-corrected chi connectivity index (χ3v) is 10.8. The second kappa shape index (κ2) is 14.0. The van der Waals surface area contributed by atoms with Gasteiger partial charge in [-0.15, -0.1) is 0 Å². The molecule has 3 aromatic carbocycles. The number of ether oxygens (including phenoxy) is 3. The maximum Gasteiger partial charge on any atom is 0.311 e. The van der Waals surface area contributed by atoms with Gasteiger partial charge in [-0.1, -0.05) is 66.7 Å². The van der Waals surface area contributed by atoms with Gasteiger partial charge in [0.2, 0.25) is 0 Å². The number of H-pyrrole nitrogens is 1. The molecule has 7 heteroatoms. The molecular formula is C39H47N3O4. The number of fused-ring (bicyclic) bond motifs is 6. The van der Waals surface area contributed by atoms with Gasteiger partial charge in [0, 0.05) is 48.8 Å². The Labute approximate surface area is 272 Å². The van der Waals surface area contributed by atoms with Crippen LogP contribution in [0.3, 0.4) is 0 Å². The van der Waals surface area contributed by atoms with Gasteiger partial charge in [0.25, 0.3) is 0 Å². The van der Waals surface area contributed by atoms with Crippen LogP contribution < -0.4 is 4.74 Å². The molecule has 7 rings (SSSR count). The van der Waals surface area contributed by atoms with Crippen molar-refractivity contribution < 1.29 is 19.0 Å². The molecule has 1 aliphatic carbocycles. The number of piperidine rings is 1. The molecule has 6 atom stereocenters. The van der Waals surface area contributed by atoms with Crippen molar-refractivity contribution >= 4 is 16.9 Å². The summed E-state index contributed by atoms with van der Waals surface area (Å²) < 4.78 is 18.3. The van der Waals surface area contributed by atoms with Gasteiger partial charge < -0.3 is 19.2 Å². The monoisotopic (exact) mass is 621 g/mol. The molecule has 7 nitrogen and oxygen atoms in total. The highest BCUT2D eigenvalue weighted by Crippen LogP contribution is 2.50. The molecule has 4 aromatic rings. The Hall–Kier alpha value is -3.65. The van der Waals surface area contributed by atoms with Gasteiger partial charge in [-0.2, -0.15) is 0 Å². The summed E-state index contributed by atoms with van der Waals surface area (Å²) >= 11 is 0. The summed E-state index contributed by atoms with van der Waals surface area (Å²) in [5.74, 6) is 1.24. The van der Waals surface area contributed by atoms with E-state index in [0.29, 0.717) is 25.2 Å². The van der Waals surface area contributed by atoms with Crippen LogP contribution in [0.5, 0.6) is 5.75 Å². The molecule has 1 aromatic heterocycles. The normalized spacial score (nSPS) is 25.0. The summed E-state index contributed by atoms with van der Waals surface area (Å²) in [5.41, 5.74) is 5.28. The van der Waals surface area contributed by atoms with Crippen molar-refractivity contribution in [3.05, 3.63) is 102 Å². The number of benzene rings is 3. The van der Waals surface area contributed by atoms with Crippen LogP contribution in [0, 0.1) is 17.8 Å². The van der Waals surface area contributed by atoms with Crippen LogP contribution in [0.25, 0.3) is 10.9 Å². The number of carbonyl (C=O) groups excluding carboxylic acids is 1. The van der Waals surface area contributed by atoms with E-state index in [-0.39, 0.29) is 30.0 Å². The number of rotatable bonds is 11. The molecule has 0 radical (unpaired) electrons. The molecule has 242 valence electrons. The second-order valence-corrected chi connectivity index (χ2v) is 13.4. The summed E-state index contributed by atoms with van der Waals surface area (Å²) in [7, 11) is 1.53. The molecule has 0 bridgehead atoms. The van der Waals surface area contributed by atoms with Crippen molar-refractivity contribution in [2.24, 2.45) is 17.8 Å². The lowest BCUT2D eigenvalue weighted by Crippen LogP contribution is -2.54. The average Bonchev–Trinajstić information content (AvgIpc) is 3.49. The molecule has 0 spiro atoms. The molecule has 3 heterocycles. The lowest BCUT2D eigenvalue weighted by Gasteiger charge is -2.51. The zero-order valence-corrected chi connectivity index (χ0v) is 27.1. The fraction of sp³-hybridized carbons (Fsp3) is 0.462. The summed E-state index contributed by atoms with van der Waals surface area (Å²) in [6.45, 7) is 7.03. The molecule has 46 heavy (non-hydrogen) atoms. The summed E-state index contributed by atoms with van der Waals surface area (Å²) in [4.78, 5) is 22.4. The summed E-state index contributed by atoms with van der Waals surface area (Å²) in [5, 5.41) is 1.34. The number of hydrogen-bond donors (Lipinski definition) is 1. The highest BCUT2D eigenvalue weighted by molar-refractivity contribution is 5.85. The van der Waals surface area contributed by atoms with E-state index in [4.69, 9.17) is 14.2 Å². The number of nitrogens with zero attached hydrogens (tertiary/aromatic N) is 2. The Morgan fingerprint density at radius 1 is 1.00 bits per heavy atom. The number of para-hydroxylation sites is 2. The Balaban J connectivity index is 1.04. The van der Waals surface area contributed by atoms with Gasteiger partial charge >= 0.3 is 5.97 Å². The smallest absolute Gasteiger partial charge is 0.311 e. The van der Waals surface area contributed by atoms with Gasteiger partial charge in [0.1, 0.15) is 12.4 Å². The van der Waals surface area contributed by atoms with Crippen molar-refractivity contribution in [3.63, 3.8) is 0 Å². The highest BCUT2D eigenvalue weighted by Gasteiger charge is 2.50. The highest BCUT2D eigenvalue weighted by atomic mass is 16.5. The van der Waals surface area contributed by atoms with E-state index < -0.39 is 0 Å². The van der Waals surface area contributed by atoms with E-state index in [1.165, 1.54) is 34.8 Å². The maximum atomic E-state index is 13.5. The zero-order valence-electron chi connectivity index (χ0n) is 27.1. The third kappa shape index (κ3) is 6.46. The summed E-state index contributed by atoms with van der Waals surface area (Å²) in [6, 6.07) is 29.7. The fourth-order valence-corrected chi connectivity index (χ4v) is 8.40. The molecule has 1 saturated carbocycles. The number of esters is 1. The molecule has 1 saturated heterocycles. The molecule has 2 fully saturated rings. The lowest BCUT2D eigenvalue weighted by molar-refractivity contribution is -0.164. The molecule has 0 amide bonds. The first-order valence-corrected chi connectivity index (χ1v) is 17.1. The molecular weight excluding hydrogens is 574 g/mol. The largest absolute Gasteiger partial charge is 0.492 e. The average molecular weight is 622 g/mol. The van der Waals surface area contributed by atoms with Crippen molar-refractivity contribution in [2.75, 3.05) is 40.0 Å². The minimum absolute atomic E-state index is 0.119. The first kappa shape index (κ1) is 31.0. The SMILES string of the molecule is COC(=O)[C@@H]1[C@H]2C[C@H]3c4[nH]c5ccccc5c4CCN3C[C@@H]2CC[C@@H]1OCCN(Cc1ccccc1)C(C)COc1ccccc1. The Bertz CT molecular complexity index is 1590. The lowest BCUT2D eigenvalue weighted by atomic mass is 9.64. The van der Waals surface area contributed by atoms with E-state index in [2.05, 4.69) is 76.3 Å². The quantitative estimate of drug-likeness (QED) is 0.190. The van der Waals surface area contributed by atoms with Gasteiger partial charge in [-0.3, -0.25) is 14.6 Å². The Morgan fingerprint density at radius 2 is 1.76 bits per heavy atom. The van der Waals surface area contributed by atoms with Crippen LogP contribution in [0.15, 0.2) is 84.9 Å². The molecule has 1 unspecified atom stereocenters. The number of aromatic amines is 1. The first-order chi connectivity index (χ1) is 22.6. The molecule has 3 aliphatic rings. The number of methoxy groups -OCH3 is 1. The van der Waals surface area contributed by atoms with Crippen LogP contribution in [0.4, 0.5) is 0 Å². The maximum absolute atomic E-state index is 13.5. The van der Waals surface area contributed by atoms with Gasteiger partial charge in [0.15, 0.2) is 0 Å². The number of carbonyl (C=O) groups is 1. The second-order valence-electron chi connectivity index (χ2n) is 13.4. The van der Waals surface area contributed by atoms with E-state index in [0.717, 1.165) is 57.6 Å². The van der Waals surface area contributed by atoms with E-state index in [1.807, 2.05) is 30.3 Å². The van der Waals surface area contributed by atoms with Crippen molar-refractivity contribution in [1.82, 2.24) is 14.8 Å². The van der Waals surface area contributed by atoms with E-state index in [9.17, 15) is 4.79 Å². The first-order valence-electron chi connectivity index (χ1n) is 17.1. The summed E-state index contributed by atoms with van der Waals surface area (Å²) in [6.07, 6.45) is 3.87. The van der Waals surface area contributed by atoms with Crippen molar-refractivity contribution in [3.8, 4) is 5.75 Å². The van der Waals surface area contributed by atoms with Crippen LogP contribution in [0.2, 0.25) is 0 Å². The number of aromatic nitrogens is 1. The van der Waals surface area contributed by atoms with Crippen LogP contribution in [-0.4, -0.2) is 72.9 Å². The minimum Gasteiger partial charge on any atom is -0.492 e. The third-order valence-electron chi connectivity index (χ3n) is 10.8. The standard InChI is InChI=1S/C39H47N3O4/c1-27(26-46-30-13-7-4-8-14-30)41(24-28-11-5-3-6-12-28)21-22-45-36-18-17-29-25-42-20-19-32-31-15-9-10-16-34(31)40-38(32)35(42)23-33(29)37(36)39(43)44-2/h3-16,27,29,33,35-37,40H,17-26H2,1-2H3/t27?,29-,33-,35-,36-,37+/m0/s1. The van der Waals surface area contributed by atoms with Gasteiger partial charge in [0.05, 0.1) is 31.8 Å². The van der Waals surface area contributed by atoms with E-state index in [1.54, 1.807) is 0 Å². The van der Waals surface area contributed by atoms with Crippen LogP contribution in [0.1, 0.15) is 49.0 Å². The number of hydrogen-bond acceptors (Lipinski definition) is 6. The minimum atomic E-state index is -0.248. The predicted octanol–water partition coefficient (Wildman–Crippen LogP) is 6.64. The Morgan fingerprint density at radius 3 is 2.57 bits per heavy atom. The van der Waals surface area contributed by atoms with Crippen LogP contribution >= 0.6 is 0 Å². The van der Waals surface area contributed by atoms with Crippen LogP contribution in [-0.2, 0) is 27.2 Å². The molecule has 1 N–H and O–H groups in total. The fourth-order valence-electron chi connectivity index (χ4n) is 8.40. The Kier molecular flexibility index (Phi) is 9.43. The number of nitrogens with one attached hydrogen (secondary N) is 1. The predicted molar refractivity (Wildman–Crippen MR) is 181 cm³/mol.